The van der Waals surface area contributed by atoms with Gasteiger partial charge in [-0.3, -0.25) is 0 Å². The summed E-state index contributed by atoms with van der Waals surface area (Å²) < 4.78 is 0. The van der Waals surface area contributed by atoms with Crippen LogP contribution in [0.15, 0.2) is 18.2 Å². The van der Waals surface area contributed by atoms with Crippen molar-refractivity contribution in [1.29, 1.82) is 0 Å². The molecule has 1 aromatic rings. The van der Waals surface area contributed by atoms with Crippen molar-refractivity contribution in [2.75, 3.05) is 11.9 Å². The van der Waals surface area contributed by atoms with Crippen molar-refractivity contribution in [3.8, 4) is 0 Å². The first kappa shape index (κ1) is 11.7. The molecule has 1 atom stereocenters. The quantitative estimate of drug-likeness (QED) is 0.780. The third-order valence-electron chi connectivity index (χ3n) is 3.84. The first-order chi connectivity index (χ1) is 7.76. The molecule has 87 valence electrons. The van der Waals surface area contributed by atoms with E-state index in [-0.39, 0.29) is 8.80 Å². The molecule has 2 rings (SSSR count). The standard InChI is InChI=1S/C14H22NSi/c1-4-16(5-2)13-9-12-8-6-7-11(3)14(12)15-10-13/h6-8,13,15H,4-5,9-10H2,1-3H3/t13-/m1/s1. The van der Waals surface area contributed by atoms with Gasteiger partial charge in [0.05, 0.1) is 8.80 Å². The van der Waals surface area contributed by atoms with Crippen molar-refractivity contribution in [1.82, 2.24) is 0 Å². The van der Waals surface area contributed by atoms with E-state index < -0.39 is 0 Å². The van der Waals surface area contributed by atoms with Gasteiger partial charge in [-0.15, -0.1) is 0 Å². The molecule has 0 amide bonds. The maximum absolute atomic E-state index is 3.66. The fourth-order valence-corrected chi connectivity index (χ4v) is 5.38. The van der Waals surface area contributed by atoms with Crippen LogP contribution in [0.5, 0.6) is 0 Å². The number of rotatable bonds is 3. The van der Waals surface area contributed by atoms with E-state index in [1.54, 1.807) is 5.56 Å². The predicted octanol–water partition coefficient (Wildman–Crippen LogP) is 3.87. The van der Waals surface area contributed by atoms with Crippen LogP contribution in [-0.4, -0.2) is 15.3 Å². The summed E-state index contributed by atoms with van der Waals surface area (Å²) in [4.78, 5) is 0. The molecular weight excluding hydrogens is 210 g/mol. The Bertz CT molecular complexity index is 358. The van der Waals surface area contributed by atoms with E-state index in [0.717, 1.165) is 5.54 Å². The average Bonchev–Trinajstić information content (AvgIpc) is 2.31. The summed E-state index contributed by atoms with van der Waals surface area (Å²) >= 11 is 0. The molecule has 0 aromatic heterocycles. The van der Waals surface area contributed by atoms with Crippen LogP contribution in [0.3, 0.4) is 0 Å². The minimum Gasteiger partial charge on any atom is -0.385 e. The minimum atomic E-state index is -0.141. The molecular formula is C14H22NSi. The molecule has 1 aliphatic heterocycles. The third-order valence-corrected chi connectivity index (χ3v) is 7.22. The maximum Gasteiger partial charge on any atom is 0.0530 e. The second kappa shape index (κ2) is 5.04. The first-order valence-corrected chi connectivity index (χ1v) is 8.42. The second-order valence-electron chi connectivity index (χ2n) is 4.76. The van der Waals surface area contributed by atoms with Gasteiger partial charge in [0.15, 0.2) is 0 Å². The third kappa shape index (κ3) is 2.17. The first-order valence-electron chi connectivity index (χ1n) is 6.43. The molecule has 1 heterocycles. The van der Waals surface area contributed by atoms with E-state index in [9.17, 15) is 0 Å². The normalized spacial score (nSPS) is 19.4. The van der Waals surface area contributed by atoms with Crippen molar-refractivity contribution in [3.63, 3.8) is 0 Å². The highest BCUT2D eigenvalue weighted by Gasteiger charge is 2.25. The van der Waals surface area contributed by atoms with Crippen LogP contribution in [0, 0.1) is 6.92 Å². The molecule has 2 heteroatoms. The number of hydrogen-bond donors (Lipinski definition) is 1. The number of para-hydroxylation sites is 1. The minimum absolute atomic E-state index is 0.141. The van der Waals surface area contributed by atoms with Crippen LogP contribution in [0.4, 0.5) is 5.69 Å². The molecule has 0 unspecified atom stereocenters. The number of benzene rings is 1. The zero-order chi connectivity index (χ0) is 11.5. The Morgan fingerprint density at radius 1 is 1.31 bits per heavy atom. The molecule has 1 N–H and O–H groups in total. The van der Waals surface area contributed by atoms with E-state index in [0.29, 0.717) is 0 Å². The number of aryl methyl sites for hydroxylation is 1. The Morgan fingerprint density at radius 2 is 2.06 bits per heavy atom. The maximum atomic E-state index is 3.66. The molecule has 0 aliphatic carbocycles. The molecule has 1 aromatic carbocycles. The van der Waals surface area contributed by atoms with Crippen LogP contribution >= 0.6 is 0 Å². The second-order valence-corrected chi connectivity index (χ2v) is 8.30. The van der Waals surface area contributed by atoms with Gasteiger partial charge in [0.2, 0.25) is 0 Å². The highest BCUT2D eigenvalue weighted by molar-refractivity contribution is 6.60. The Balaban J connectivity index is 2.17. The Hall–Kier alpha value is -0.763. The Morgan fingerprint density at radius 3 is 2.75 bits per heavy atom. The van der Waals surface area contributed by atoms with Crippen molar-refractivity contribution in [3.05, 3.63) is 29.3 Å². The van der Waals surface area contributed by atoms with Gasteiger partial charge < -0.3 is 5.32 Å². The largest absolute Gasteiger partial charge is 0.385 e. The van der Waals surface area contributed by atoms with Crippen molar-refractivity contribution < 1.29 is 0 Å². The van der Waals surface area contributed by atoms with Gasteiger partial charge in [-0.25, -0.2) is 0 Å². The Labute approximate surface area is 101 Å². The molecule has 0 saturated carbocycles. The lowest BCUT2D eigenvalue weighted by atomic mass is 10.00. The molecule has 1 nitrogen and oxygen atoms in total. The lowest BCUT2D eigenvalue weighted by Crippen LogP contribution is -2.30. The highest BCUT2D eigenvalue weighted by atomic mass is 28.3. The van der Waals surface area contributed by atoms with Gasteiger partial charge in [0.1, 0.15) is 0 Å². The molecule has 1 aliphatic rings. The number of hydrogen-bond acceptors (Lipinski definition) is 1. The van der Waals surface area contributed by atoms with Gasteiger partial charge in [0, 0.05) is 12.2 Å². The fourth-order valence-electron chi connectivity index (χ4n) is 2.83. The van der Waals surface area contributed by atoms with E-state index in [1.165, 1.54) is 36.3 Å². The number of nitrogens with one attached hydrogen (secondary N) is 1. The predicted molar refractivity (Wildman–Crippen MR) is 73.8 cm³/mol. The molecule has 16 heavy (non-hydrogen) atoms. The monoisotopic (exact) mass is 232 g/mol. The molecule has 0 fully saturated rings. The van der Waals surface area contributed by atoms with Crippen LogP contribution in [0.25, 0.3) is 0 Å². The van der Waals surface area contributed by atoms with E-state index in [2.05, 4.69) is 44.3 Å². The van der Waals surface area contributed by atoms with Crippen molar-refractivity contribution >= 4 is 14.5 Å². The van der Waals surface area contributed by atoms with E-state index >= 15 is 0 Å². The van der Waals surface area contributed by atoms with Gasteiger partial charge in [-0.05, 0) is 30.0 Å². The smallest absolute Gasteiger partial charge is 0.0530 e. The average molecular weight is 232 g/mol. The highest BCUT2D eigenvalue weighted by Crippen LogP contribution is 2.33. The van der Waals surface area contributed by atoms with Crippen molar-refractivity contribution in [2.45, 2.75) is 44.8 Å². The summed E-state index contributed by atoms with van der Waals surface area (Å²) in [7, 11) is -0.141. The Kier molecular flexibility index (Phi) is 3.69. The summed E-state index contributed by atoms with van der Waals surface area (Å²) in [6, 6.07) is 9.52. The summed E-state index contributed by atoms with van der Waals surface area (Å²) in [5, 5.41) is 3.66. The summed E-state index contributed by atoms with van der Waals surface area (Å²) in [5.74, 6) is 0. The fraction of sp³-hybridized carbons (Fsp3) is 0.571. The zero-order valence-electron chi connectivity index (χ0n) is 10.6. The number of anilines is 1. The van der Waals surface area contributed by atoms with Crippen LogP contribution in [0.2, 0.25) is 17.6 Å². The van der Waals surface area contributed by atoms with E-state index in [4.69, 9.17) is 0 Å². The van der Waals surface area contributed by atoms with Crippen LogP contribution < -0.4 is 5.32 Å². The lowest BCUT2D eigenvalue weighted by Gasteiger charge is -2.31. The molecule has 0 bridgehead atoms. The number of fused-ring (bicyclic) bond motifs is 1. The van der Waals surface area contributed by atoms with E-state index in [1.807, 2.05) is 0 Å². The zero-order valence-corrected chi connectivity index (χ0v) is 11.6. The van der Waals surface area contributed by atoms with Gasteiger partial charge >= 0.3 is 0 Å². The SMILES string of the molecule is CC[Si](CC)[C@H]1CNc2c(C)cccc2C1. The molecule has 1 radical (unpaired) electrons. The molecule has 0 spiro atoms. The topological polar surface area (TPSA) is 12.0 Å². The van der Waals surface area contributed by atoms with Gasteiger partial charge in [-0.1, -0.05) is 44.1 Å². The van der Waals surface area contributed by atoms with Gasteiger partial charge in [-0.2, -0.15) is 0 Å². The van der Waals surface area contributed by atoms with Gasteiger partial charge in [0.25, 0.3) is 0 Å². The van der Waals surface area contributed by atoms with Crippen LogP contribution in [-0.2, 0) is 6.42 Å². The van der Waals surface area contributed by atoms with Crippen LogP contribution in [0.1, 0.15) is 25.0 Å². The van der Waals surface area contributed by atoms with Crippen molar-refractivity contribution in [2.24, 2.45) is 0 Å². The summed E-state index contributed by atoms with van der Waals surface area (Å²) in [5.41, 5.74) is 5.28. The molecule has 0 saturated heterocycles. The lowest BCUT2D eigenvalue weighted by molar-refractivity contribution is 0.794. The summed E-state index contributed by atoms with van der Waals surface area (Å²) in [6.07, 6.45) is 1.31. The summed E-state index contributed by atoms with van der Waals surface area (Å²) in [6.45, 7) is 8.14.